The Morgan fingerprint density at radius 3 is 2.29 bits per heavy atom. The zero-order valence-corrected chi connectivity index (χ0v) is 10.4. The minimum absolute atomic E-state index is 0.194. The predicted octanol–water partition coefficient (Wildman–Crippen LogP) is 1.30. The zero-order chi connectivity index (χ0) is 13.1. The SMILES string of the molecule is CCCCCCCCC(=O)NC[C@H](O)C(=O)O. The quantitative estimate of drug-likeness (QED) is 0.506. The number of carbonyl (C=O) groups is 2. The van der Waals surface area contributed by atoms with Gasteiger partial charge in [0.1, 0.15) is 0 Å². The van der Waals surface area contributed by atoms with E-state index < -0.39 is 12.1 Å². The summed E-state index contributed by atoms with van der Waals surface area (Å²) in [6.07, 6.45) is 5.51. The Hall–Kier alpha value is -1.10. The van der Waals surface area contributed by atoms with Crippen LogP contribution in [0.3, 0.4) is 0 Å². The van der Waals surface area contributed by atoms with Crippen molar-refractivity contribution in [2.75, 3.05) is 6.54 Å². The van der Waals surface area contributed by atoms with E-state index in [-0.39, 0.29) is 12.5 Å². The highest BCUT2D eigenvalue weighted by molar-refractivity contribution is 5.77. The molecule has 0 rings (SSSR count). The number of hydrogen-bond acceptors (Lipinski definition) is 3. The van der Waals surface area contributed by atoms with Gasteiger partial charge in [0, 0.05) is 6.42 Å². The summed E-state index contributed by atoms with van der Waals surface area (Å²) in [5.74, 6) is -1.51. The second kappa shape index (κ2) is 10.1. The van der Waals surface area contributed by atoms with Crippen molar-refractivity contribution in [3.05, 3.63) is 0 Å². The fourth-order valence-electron chi connectivity index (χ4n) is 1.45. The molecule has 0 unspecified atom stereocenters. The number of carboxylic acids is 1. The van der Waals surface area contributed by atoms with Crippen LogP contribution in [0.1, 0.15) is 51.9 Å². The predicted molar refractivity (Wildman–Crippen MR) is 64.6 cm³/mol. The Kier molecular flexibility index (Phi) is 9.43. The highest BCUT2D eigenvalue weighted by Crippen LogP contribution is 2.06. The van der Waals surface area contributed by atoms with Gasteiger partial charge < -0.3 is 15.5 Å². The van der Waals surface area contributed by atoms with Gasteiger partial charge in [0.15, 0.2) is 6.10 Å². The smallest absolute Gasteiger partial charge is 0.334 e. The Labute approximate surface area is 102 Å². The van der Waals surface area contributed by atoms with Crippen molar-refractivity contribution in [3.8, 4) is 0 Å². The largest absolute Gasteiger partial charge is 0.479 e. The fourth-order valence-corrected chi connectivity index (χ4v) is 1.45. The number of aliphatic carboxylic acids is 1. The van der Waals surface area contributed by atoms with Gasteiger partial charge in [0.2, 0.25) is 5.91 Å². The van der Waals surface area contributed by atoms with Crippen LogP contribution in [-0.4, -0.2) is 34.7 Å². The average Bonchev–Trinajstić information content (AvgIpc) is 2.30. The van der Waals surface area contributed by atoms with Gasteiger partial charge in [-0.15, -0.1) is 0 Å². The highest BCUT2D eigenvalue weighted by atomic mass is 16.4. The minimum atomic E-state index is -1.51. The molecule has 0 aromatic carbocycles. The van der Waals surface area contributed by atoms with Crippen molar-refractivity contribution in [3.63, 3.8) is 0 Å². The van der Waals surface area contributed by atoms with Gasteiger partial charge in [-0.3, -0.25) is 4.79 Å². The molecule has 3 N–H and O–H groups in total. The van der Waals surface area contributed by atoms with E-state index >= 15 is 0 Å². The van der Waals surface area contributed by atoms with Crippen LogP contribution in [0.2, 0.25) is 0 Å². The van der Waals surface area contributed by atoms with Crippen molar-refractivity contribution >= 4 is 11.9 Å². The molecule has 5 nitrogen and oxygen atoms in total. The van der Waals surface area contributed by atoms with Crippen molar-refractivity contribution in [1.82, 2.24) is 5.32 Å². The second-order valence-corrected chi connectivity index (χ2v) is 4.18. The molecule has 5 heteroatoms. The molecular weight excluding hydrogens is 222 g/mol. The van der Waals surface area contributed by atoms with E-state index in [9.17, 15) is 9.59 Å². The monoisotopic (exact) mass is 245 g/mol. The molecule has 0 aromatic heterocycles. The molecule has 0 bridgehead atoms. The fraction of sp³-hybridized carbons (Fsp3) is 0.833. The molecule has 0 saturated heterocycles. The first-order valence-corrected chi connectivity index (χ1v) is 6.25. The lowest BCUT2D eigenvalue weighted by atomic mass is 10.1. The summed E-state index contributed by atoms with van der Waals surface area (Å²) in [5, 5.41) is 19.7. The van der Waals surface area contributed by atoms with Crippen LogP contribution >= 0.6 is 0 Å². The molecule has 100 valence electrons. The number of unbranched alkanes of at least 4 members (excludes halogenated alkanes) is 5. The van der Waals surface area contributed by atoms with Crippen LogP contribution < -0.4 is 5.32 Å². The Balaban J connectivity index is 3.38. The molecule has 17 heavy (non-hydrogen) atoms. The van der Waals surface area contributed by atoms with Crippen LogP contribution in [0.15, 0.2) is 0 Å². The number of amides is 1. The summed E-state index contributed by atoms with van der Waals surface area (Å²) < 4.78 is 0. The molecular formula is C12H23NO4. The van der Waals surface area contributed by atoms with E-state index in [0.29, 0.717) is 6.42 Å². The molecule has 1 atom stereocenters. The first-order chi connectivity index (χ1) is 8.07. The maximum absolute atomic E-state index is 11.2. The molecule has 0 spiro atoms. The van der Waals surface area contributed by atoms with Crippen molar-refractivity contribution in [1.29, 1.82) is 0 Å². The first-order valence-electron chi connectivity index (χ1n) is 6.25. The number of aliphatic hydroxyl groups is 1. The van der Waals surface area contributed by atoms with Crippen LogP contribution in [0.25, 0.3) is 0 Å². The average molecular weight is 245 g/mol. The maximum atomic E-state index is 11.2. The van der Waals surface area contributed by atoms with Gasteiger partial charge in [-0.05, 0) is 6.42 Å². The van der Waals surface area contributed by atoms with Crippen LogP contribution in [0.5, 0.6) is 0 Å². The minimum Gasteiger partial charge on any atom is -0.479 e. The number of aliphatic hydroxyl groups excluding tert-OH is 1. The molecule has 0 aliphatic rings. The summed E-state index contributed by atoms with van der Waals surface area (Å²) in [5.41, 5.74) is 0. The van der Waals surface area contributed by atoms with Gasteiger partial charge >= 0.3 is 5.97 Å². The van der Waals surface area contributed by atoms with Crippen molar-refractivity contribution < 1.29 is 19.8 Å². The summed E-state index contributed by atoms with van der Waals surface area (Å²) in [7, 11) is 0. The molecule has 0 aliphatic heterocycles. The molecule has 0 radical (unpaired) electrons. The van der Waals surface area contributed by atoms with Crippen LogP contribution in [-0.2, 0) is 9.59 Å². The van der Waals surface area contributed by atoms with Crippen molar-refractivity contribution in [2.24, 2.45) is 0 Å². The van der Waals surface area contributed by atoms with E-state index in [0.717, 1.165) is 19.3 Å². The lowest BCUT2D eigenvalue weighted by Gasteiger charge is -2.07. The van der Waals surface area contributed by atoms with E-state index in [1.54, 1.807) is 0 Å². The molecule has 0 heterocycles. The molecule has 0 aromatic rings. The van der Waals surface area contributed by atoms with Gasteiger partial charge in [0.25, 0.3) is 0 Å². The van der Waals surface area contributed by atoms with Crippen LogP contribution in [0, 0.1) is 0 Å². The third-order valence-corrected chi connectivity index (χ3v) is 2.54. The normalized spacial score (nSPS) is 12.1. The summed E-state index contributed by atoms with van der Waals surface area (Å²) in [6, 6.07) is 0. The zero-order valence-electron chi connectivity index (χ0n) is 10.4. The molecule has 0 fully saturated rings. The Bertz CT molecular complexity index is 231. The van der Waals surface area contributed by atoms with Gasteiger partial charge in [-0.25, -0.2) is 4.79 Å². The Morgan fingerprint density at radius 2 is 1.71 bits per heavy atom. The first kappa shape index (κ1) is 15.9. The number of rotatable bonds is 10. The number of carbonyl (C=O) groups excluding carboxylic acids is 1. The number of nitrogens with one attached hydrogen (secondary N) is 1. The third kappa shape index (κ3) is 9.81. The standard InChI is InChI=1S/C12H23NO4/c1-2-3-4-5-6-7-8-11(15)13-9-10(14)12(16)17/h10,14H,2-9H2,1H3,(H,13,15)(H,16,17)/t10-/m0/s1. The van der Waals surface area contributed by atoms with Gasteiger partial charge in [0.05, 0.1) is 6.54 Å². The molecule has 0 aliphatic carbocycles. The summed E-state index contributed by atoms with van der Waals surface area (Å²) >= 11 is 0. The topological polar surface area (TPSA) is 86.6 Å². The highest BCUT2D eigenvalue weighted by Gasteiger charge is 2.13. The molecule has 1 amide bonds. The lowest BCUT2D eigenvalue weighted by Crippen LogP contribution is -2.36. The van der Waals surface area contributed by atoms with E-state index in [1.165, 1.54) is 19.3 Å². The number of hydrogen-bond donors (Lipinski definition) is 3. The van der Waals surface area contributed by atoms with Crippen LogP contribution in [0.4, 0.5) is 0 Å². The summed E-state index contributed by atoms with van der Waals surface area (Å²) in [4.78, 5) is 21.5. The number of carboxylic acid groups (broad SMARTS) is 1. The van der Waals surface area contributed by atoms with Crippen molar-refractivity contribution in [2.45, 2.75) is 58.0 Å². The Morgan fingerprint density at radius 1 is 1.12 bits per heavy atom. The van der Waals surface area contributed by atoms with E-state index in [4.69, 9.17) is 10.2 Å². The van der Waals surface area contributed by atoms with E-state index in [2.05, 4.69) is 12.2 Å². The lowest BCUT2D eigenvalue weighted by molar-refractivity contribution is -0.146. The van der Waals surface area contributed by atoms with Gasteiger partial charge in [-0.2, -0.15) is 0 Å². The third-order valence-electron chi connectivity index (χ3n) is 2.54. The molecule has 0 saturated carbocycles. The second-order valence-electron chi connectivity index (χ2n) is 4.18. The summed E-state index contributed by atoms with van der Waals surface area (Å²) in [6.45, 7) is 1.94. The maximum Gasteiger partial charge on any atom is 0.334 e. The van der Waals surface area contributed by atoms with Gasteiger partial charge in [-0.1, -0.05) is 39.0 Å². The van der Waals surface area contributed by atoms with E-state index in [1.807, 2.05) is 0 Å².